The van der Waals surface area contributed by atoms with Crippen LogP contribution in [0.15, 0.2) is 24.3 Å². The highest BCUT2D eigenvalue weighted by Crippen LogP contribution is 2.42. The van der Waals surface area contributed by atoms with Gasteiger partial charge in [0.15, 0.2) is 0 Å². The number of nitrogens with one attached hydrogen (secondary N) is 1. The number of ether oxygens (including phenoxy) is 1. The second-order valence-electron chi connectivity index (χ2n) is 5.91. The Morgan fingerprint density at radius 2 is 2.06 bits per heavy atom. The second-order valence-corrected chi connectivity index (χ2v) is 5.91. The molecule has 100 valence electrons. The molecule has 0 spiro atoms. The average Bonchev–Trinajstić information content (AvgIpc) is 2.56. The fourth-order valence-corrected chi connectivity index (χ4v) is 2.33. The van der Waals surface area contributed by atoms with Crippen LogP contribution in [-0.4, -0.2) is 22.9 Å². The average molecular weight is 249 g/mol. The standard InChI is InChI=1S/C15H23NO2/c1-5-15(4,17)10-16-13-11-8-6-7-9-12(11)18-14(13,2)3/h6-9,13,16-17H,5,10H2,1-4H3. The minimum absolute atomic E-state index is 0.117. The van der Waals surface area contributed by atoms with Gasteiger partial charge in [0.25, 0.3) is 0 Å². The largest absolute Gasteiger partial charge is 0.486 e. The van der Waals surface area contributed by atoms with E-state index in [-0.39, 0.29) is 11.6 Å². The van der Waals surface area contributed by atoms with Crippen molar-refractivity contribution in [1.82, 2.24) is 5.32 Å². The van der Waals surface area contributed by atoms with Crippen LogP contribution in [0.5, 0.6) is 5.75 Å². The van der Waals surface area contributed by atoms with Crippen LogP contribution in [0.2, 0.25) is 0 Å². The van der Waals surface area contributed by atoms with Crippen LogP contribution < -0.4 is 10.1 Å². The van der Waals surface area contributed by atoms with E-state index in [1.54, 1.807) is 0 Å². The fraction of sp³-hybridized carbons (Fsp3) is 0.600. The van der Waals surface area contributed by atoms with Gasteiger partial charge in [-0.25, -0.2) is 0 Å². The molecule has 0 saturated heterocycles. The first-order valence-corrected chi connectivity index (χ1v) is 6.59. The first kappa shape index (κ1) is 13.4. The number of rotatable bonds is 4. The van der Waals surface area contributed by atoms with Crippen molar-refractivity contribution < 1.29 is 9.84 Å². The Balaban J connectivity index is 2.16. The van der Waals surface area contributed by atoms with Crippen LogP contribution in [0.3, 0.4) is 0 Å². The molecule has 0 bridgehead atoms. The Morgan fingerprint density at radius 3 is 2.72 bits per heavy atom. The number of hydrogen-bond acceptors (Lipinski definition) is 3. The Hall–Kier alpha value is -1.06. The fourth-order valence-electron chi connectivity index (χ4n) is 2.33. The van der Waals surface area contributed by atoms with E-state index in [1.807, 2.05) is 32.0 Å². The third kappa shape index (κ3) is 2.52. The smallest absolute Gasteiger partial charge is 0.125 e. The van der Waals surface area contributed by atoms with E-state index >= 15 is 0 Å². The zero-order valence-electron chi connectivity index (χ0n) is 11.7. The molecule has 0 aliphatic carbocycles. The molecular weight excluding hydrogens is 226 g/mol. The van der Waals surface area contributed by atoms with Gasteiger partial charge in [-0.05, 0) is 33.3 Å². The predicted octanol–water partition coefficient (Wildman–Crippen LogP) is 2.65. The molecule has 0 fully saturated rings. The summed E-state index contributed by atoms with van der Waals surface area (Å²) < 4.78 is 5.96. The molecule has 0 radical (unpaired) electrons. The summed E-state index contributed by atoms with van der Waals surface area (Å²) in [7, 11) is 0. The lowest BCUT2D eigenvalue weighted by Crippen LogP contribution is -2.45. The summed E-state index contributed by atoms with van der Waals surface area (Å²) in [6, 6.07) is 8.21. The number of benzene rings is 1. The Bertz CT molecular complexity index is 426. The molecule has 0 amide bonds. The van der Waals surface area contributed by atoms with Gasteiger partial charge in [-0.15, -0.1) is 0 Å². The summed E-state index contributed by atoms with van der Waals surface area (Å²) in [5, 5.41) is 13.5. The van der Waals surface area contributed by atoms with Gasteiger partial charge in [0.1, 0.15) is 11.4 Å². The number of fused-ring (bicyclic) bond motifs is 1. The van der Waals surface area contributed by atoms with Gasteiger partial charge in [0, 0.05) is 12.1 Å². The van der Waals surface area contributed by atoms with Crippen molar-refractivity contribution in [3.05, 3.63) is 29.8 Å². The quantitative estimate of drug-likeness (QED) is 0.862. The summed E-state index contributed by atoms with van der Waals surface area (Å²) in [5.74, 6) is 0.941. The van der Waals surface area contributed by atoms with Gasteiger partial charge >= 0.3 is 0 Å². The second kappa shape index (κ2) is 4.56. The summed E-state index contributed by atoms with van der Waals surface area (Å²) in [5.41, 5.74) is 0.218. The summed E-state index contributed by atoms with van der Waals surface area (Å²) >= 11 is 0. The Labute approximate surface area is 109 Å². The zero-order valence-corrected chi connectivity index (χ0v) is 11.7. The highest BCUT2D eigenvalue weighted by molar-refractivity contribution is 5.42. The lowest BCUT2D eigenvalue weighted by Gasteiger charge is -2.30. The van der Waals surface area contributed by atoms with E-state index in [0.29, 0.717) is 6.54 Å². The lowest BCUT2D eigenvalue weighted by molar-refractivity contribution is 0.0374. The van der Waals surface area contributed by atoms with Crippen LogP contribution in [0.25, 0.3) is 0 Å². The number of para-hydroxylation sites is 1. The summed E-state index contributed by atoms with van der Waals surface area (Å²) in [6.07, 6.45) is 0.732. The van der Waals surface area contributed by atoms with E-state index in [2.05, 4.69) is 25.2 Å². The first-order valence-electron chi connectivity index (χ1n) is 6.59. The minimum atomic E-state index is -0.673. The molecule has 2 rings (SSSR count). The predicted molar refractivity (Wildman–Crippen MR) is 72.8 cm³/mol. The van der Waals surface area contributed by atoms with Crippen molar-refractivity contribution in [1.29, 1.82) is 0 Å². The molecule has 1 heterocycles. The van der Waals surface area contributed by atoms with E-state index in [0.717, 1.165) is 12.2 Å². The molecule has 1 aliphatic rings. The highest BCUT2D eigenvalue weighted by atomic mass is 16.5. The van der Waals surface area contributed by atoms with E-state index in [9.17, 15) is 5.11 Å². The molecule has 1 aromatic rings. The molecule has 0 aromatic heterocycles. The molecule has 1 aliphatic heterocycles. The SMILES string of the molecule is CCC(C)(O)CNC1c2ccccc2OC1(C)C. The normalized spacial score (nSPS) is 24.2. The molecule has 2 unspecified atom stereocenters. The first-order chi connectivity index (χ1) is 8.36. The van der Waals surface area contributed by atoms with Crippen molar-refractivity contribution in [3.63, 3.8) is 0 Å². The molecule has 3 nitrogen and oxygen atoms in total. The van der Waals surface area contributed by atoms with Crippen molar-refractivity contribution in [2.75, 3.05) is 6.54 Å². The topological polar surface area (TPSA) is 41.5 Å². The van der Waals surface area contributed by atoms with E-state index in [4.69, 9.17) is 4.74 Å². The van der Waals surface area contributed by atoms with Crippen LogP contribution >= 0.6 is 0 Å². The van der Waals surface area contributed by atoms with E-state index < -0.39 is 5.60 Å². The molecule has 2 N–H and O–H groups in total. The molecule has 1 aromatic carbocycles. The molecule has 2 atom stereocenters. The lowest BCUT2D eigenvalue weighted by atomic mass is 9.93. The summed E-state index contributed by atoms with van der Waals surface area (Å²) in [4.78, 5) is 0. The molecule has 3 heteroatoms. The van der Waals surface area contributed by atoms with Crippen molar-refractivity contribution in [3.8, 4) is 5.75 Å². The maximum absolute atomic E-state index is 10.1. The third-order valence-corrected chi connectivity index (χ3v) is 3.75. The number of aliphatic hydroxyl groups is 1. The van der Waals surface area contributed by atoms with E-state index in [1.165, 1.54) is 5.56 Å². The third-order valence-electron chi connectivity index (χ3n) is 3.75. The molecule has 18 heavy (non-hydrogen) atoms. The van der Waals surface area contributed by atoms with Gasteiger partial charge in [0.2, 0.25) is 0 Å². The number of hydrogen-bond donors (Lipinski definition) is 2. The zero-order chi connectivity index (χ0) is 13.4. The van der Waals surface area contributed by atoms with Gasteiger partial charge in [-0.2, -0.15) is 0 Å². The Morgan fingerprint density at radius 1 is 1.39 bits per heavy atom. The van der Waals surface area contributed by atoms with Crippen LogP contribution in [0.4, 0.5) is 0 Å². The van der Waals surface area contributed by atoms with Crippen LogP contribution in [-0.2, 0) is 0 Å². The van der Waals surface area contributed by atoms with Gasteiger partial charge in [-0.1, -0.05) is 25.1 Å². The van der Waals surface area contributed by atoms with Gasteiger partial charge in [-0.3, -0.25) is 0 Å². The monoisotopic (exact) mass is 249 g/mol. The van der Waals surface area contributed by atoms with Crippen LogP contribution in [0, 0.1) is 0 Å². The Kier molecular flexibility index (Phi) is 3.39. The van der Waals surface area contributed by atoms with Crippen molar-refractivity contribution in [2.24, 2.45) is 0 Å². The molecular formula is C15H23NO2. The maximum atomic E-state index is 10.1. The van der Waals surface area contributed by atoms with Gasteiger partial charge < -0.3 is 15.2 Å². The van der Waals surface area contributed by atoms with Crippen molar-refractivity contribution >= 4 is 0 Å². The minimum Gasteiger partial charge on any atom is -0.486 e. The van der Waals surface area contributed by atoms with Crippen molar-refractivity contribution in [2.45, 2.75) is 51.4 Å². The highest BCUT2D eigenvalue weighted by Gasteiger charge is 2.41. The maximum Gasteiger partial charge on any atom is 0.125 e. The summed E-state index contributed by atoms with van der Waals surface area (Å²) in [6.45, 7) is 8.56. The van der Waals surface area contributed by atoms with Gasteiger partial charge in [0.05, 0.1) is 11.6 Å². The van der Waals surface area contributed by atoms with Crippen LogP contribution in [0.1, 0.15) is 45.7 Å². The molecule has 0 saturated carbocycles.